The van der Waals surface area contributed by atoms with Crippen molar-refractivity contribution in [3.63, 3.8) is 0 Å². The average molecular weight is 305 g/mol. The number of hydrogen-bond acceptors (Lipinski definition) is 3. The fourth-order valence-electron chi connectivity index (χ4n) is 3.51. The quantitative estimate of drug-likeness (QED) is 0.839. The zero-order chi connectivity index (χ0) is 15.5. The topological polar surface area (TPSA) is 47.4 Å². The Morgan fingerprint density at radius 3 is 2.64 bits per heavy atom. The second kappa shape index (κ2) is 6.82. The highest BCUT2D eigenvalue weighted by Crippen LogP contribution is 2.30. The molecule has 5 nitrogen and oxygen atoms in total. The molecular weight excluding hydrogens is 278 g/mol. The van der Waals surface area contributed by atoms with E-state index < -0.39 is 0 Å². The summed E-state index contributed by atoms with van der Waals surface area (Å²) in [5, 5.41) is 0. The van der Waals surface area contributed by atoms with Crippen LogP contribution in [-0.2, 0) is 22.7 Å². The van der Waals surface area contributed by atoms with Gasteiger partial charge in [0, 0.05) is 44.6 Å². The first-order valence-corrected chi connectivity index (χ1v) is 8.47. The maximum atomic E-state index is 12.3. The van der Waals surface area contributed by atoms with Gasteiger partial charge in [-0.15, -0.1) is 0 Å². The lowest BCUT2D eigenvalue weighted by atomic mass is 9.83. The molecule has 0 N–H and O–H groups in total. The highest BCUT2D eigenvalue weighted by Gasteiger charge is 2.31. The summed E-state index contributed by atoms with van der Waals surface area (Å²) in [7, 11) is 1.71. The van der Waals surface area contributed by atoms with Crippen LogP contribution in [0.4, 0.5) is 0 Å². The Bertz CT molecular complexity index is 514. The van der Waals surface area contributed by atoms with E-state index in [-0.39, 0.29) is 0 Å². The molecule has 0 aromatic carbocycles. The highest BCUT2D eigenvalue weighted by molar-refractivity contribution is 5.79. The van der Waals surface area contributed by atoms with Crippen LogP contribution in [0.5, 0.6) is 0 Å². The van der Waals surface area contributed by atoms with Gasteiger partial charge in [0.15, 0.2) is 0 Å². The van der Waals surface area contributed by atoms with Crippen molar-refractivity contribution in [2.75, 3.05) is 20.2 Å². The molecule has 1 aliphatic carbocycles. The molecule has 1 amide bonds. The number of rotatable bonds is 5. The zero-order valence-electron chi connectivity index (χ0n) is 13.8. The Kier molecular flexibility index (Phi) is 4.81. The van der Waals surface area contributed by atoms with Crippen LogP contribution in [-0.4, -0.2) is 40.6 Å². The van der Waals surface area contributed by atoms with E-state index in [1.165, 1.54) is 12.1 Å². The van der Waals surface area contributed by atoms with E-state index in [0.29, 0.717) is 24.3 Å². The van der Waals surface area contributed by atoms with E-state index in [4.69, 9.17) is 4.74 Å². The number of carbonyl (C=O) groups excluding carboxylic acids is 1. The summed E-state index contributed by atoms with van der Waals surface area (Å²) in [6.07, 6.45) is 7.56. The van der Waals surface area contributed by atoms with E-state index in [0.717, 1.165) is 51.1 Å². The summed E-state index contributed by atoms with van der Waals surface area (Å²) in [5.74, 6) is 2.38. The first-order chi connectivity index (χ1) is 10.7. The fraction of sp³-hybridized carbons (Fsp3) is 0.765. The molecule has 1 aromatic heterocycles. The molecule has 2 aliphatic rings. The second-order valence-corrected chi connectivity index (χ2v) is 6.76. The Hall–Kier alpha value is -1.36. The largest absolute Gasteiger partial charge is 0.377 e. The number of aryl methyl sites for hydroxylation is 1. The summed E-state index contributed by atoms with van der Waals surface area (Å²) >= 11 is 0. The van der Waals surface area contributed by atoms with Crippen molar-refractivity contribution in [1.29, 1.82) is 0 Å². The number of amides is 1. The predicted molar refractivity (Wildman–Crippen MR) is 84.3 cm³/mol. The average Bonchev–Trinajstić information content (AvgIpc) is 2.80. The monoisotopic (exact) mass is 305 g/mol. The Balaban J connectivity index is 1.53. The number of hydrogen-bond donors (Lipinski definition) is 0. The lowest BCUT2D eigenvalue weighted by molar-refractivity contribution is -0.139. The van der Waals surface area contributed by atoms with E-state index in [2.05, 4.69) is 21.4 Å². The van der Waals surface area contributed by atoms with Gasteiger partial charge in [0.1, 0.15) is 12.4 Å². The number of piperidine rings is 1. The molecule has 122 valence electrons. The van der Waals surface area contributed by atoms with Crippen molar-refractivity contribution in [2.45, 2.75) is 52.2 Å². The van der Waals surface area contributed by atoms with Gasteiger partial charge in [0.25, 0.3) is 0 Å². The molecule has 0 bridgehead atoms. The van der Waals surface area contributed by atoms with Crippen LogP contribution in [0.15, 0.2) is 6.20 Å². The number of carbonyl (C=O) groups is 1. The Morgan fingerprint density at radius 2 is 2.05 bits per heavy atom. The van der Waals surface area contributed by atoms with Gasteiger partial charge in [-0.25, -0.2) is 4.98 Å². The number of aromatic nitrogens is 2. The van der Waals surface area contributed by atoms with Crippen molar-refractivity contribution < 1.29 is 9.53 Å². The van der Waals surface area contributed by atoms with Gasteiger partial charge in [0.2, 0.25) is 5.91 Å². The fourth-order valence-corrected chi connectivity index (χ4v) is 3.51. The molecule has 5 heteroatoms. The molecule has 0 unspecified atom stereocenters. The van der Waals surface area contributed by atoms with Crippen molar-refractivity contribution >= 4 is 5.91 Å². The molecule has 1 saturated carbocycles. The van der Waals surface area contributed by atoms with Crippen molar-refractivity contribution in [3.05, 3.63) is 17.7 Å². The molecule has 0 spiro atoms. The predicted octanol–water partition coefficient (Wildman–Crippen LogP) is 2.38. The van der Waals surface area contributed by atoms with Crippen LogP contribution in [0.25, 0.3) is 0 Å². The van der Waals surface area contributed by atoms with Crippen molar-refractivity contribution in [3.8, 4) is 0 Å². The molecule has 1 saturated heterocycles. The second-order valence-electron chi connectivity index (χ2n) is 6.76. The molecule has 1 aliphatic heterocycles. The molecule has 2 fully saturated rings. The first-order valence-electron chi connectivity index (χ1n) is 8.47. The van der Waals surface area contributed by atoms with Gasteiger partial charge in [-0.3, -0.25) is 4.79 Å². The maximum Gasteiger partial charge on any atom is 0.225 e. The molecule has 1 aromatic rings. The van der Waals surface area contributed by atoms with Gasteiger partial charge < -0.3 is 14.2 Å². The Labute approximate surface area is 132 Å². The van der Waals surface area contributed by atoms with Gasteiger partial charge in [-0.2, -0.15) is 0 Å². The number of likely N-dealkylation sites (tertiary alicyclic amines) is 1. The summed E-state index contributed by atoms with van der Waals surface area (Å²) in [4.78, 5) is 18.8. The van der Waals surface area contributed by atoms with Crippen LogP contribution in [0.1, 0.15) is 43.6 Å². The van der Waals surface area contributed by atoms with Crippen LogP contribution in [0.3, 0.4) is 0 Å². The SMILES string of the molecule is COCc1ncc(C)n1CC1CCN(C(=O)C2CCC2)CC1. The number of nitrogens with zero attached hydrogens (tertiary/aromatic N) is 3. The van der Waals surface area contributed by atoms with Crippen molar-refractivity contribution in [1.82, 2.24) is 14.5 Å². The standard InChI is InChI=1S/C17H27N3O2/c1-13-10-18-16(12-22-2)20(13)11-14-6-8-19(9-7-14)17(21)15-4-3-5-15/h10,14-15H,3-9,11-12H2,1-2H3. The van der Waals surface area contributed by atoms with E-state index in [9.17, 15) is 4.79 Å². The minimum absolute atomic E-state index is 0.334. The third kappa shape index (κ3) is 3.19. The zero-order valence-corrected chi connectivity index (χ0v) is 13.8. The van der Waals surface area contributed by atoms with Gasteiger partial charge in [0.05, 0.1) is 0 Å². The lowest BCUT2D eigenvalue weighted by Gasteiger charge is -2.36. The molecular formula is C17H27N3O2. The third-order valence-corrected chi connectivity index (χ3v) is 5.23. The van der Waals surface area contributed by atoms with Crippen LogP contribution in [0, 0.1) is 18.8 Å². The summed E-state index contributed by atoms with van der Waals surface area (Å²) in [6, 6.07) is 0. The normalized spacial score (nSPS) is 20.2. The number of methoxy groups -OCH3 is 1. The van der Waals surface area contributed by atoms with E-state index in [1.807, 2.05) is 6.20 Å². The minimum atomic E-state index is 0.334. The summed E-state index contributed by atoms with van der Waals surface area (Å²) < 4.78 is 7.50. The Morgan fingerprint density at radius 1 is 1.32 bits per heavy atom. The molecule has 2 heterocycles. The molecule has 22 heavy (non-hydrogen) atoms. The molecule has 0 atom stereocenters. The van der Waals surface area contributed by atoms with Crippen molar-refractivity contribution in [2.24, 2.45) is 11.8 Å². The minimum Gasteiger partial charge on any atom is -0.377 e. The van der Waals surface area contributed by atoms with E-state index in [1.54, 1.807) is 7.11 Å². The first kappa shape index (κ1) is 15.5. The van der Waals surface area contributed by atoms with Gasteiger partial charge in [-0.05, 0) is 38.5 Å². The highest BCUT2D eigenvalue weighted by atomic mass is 16.5. The van der Waals surface area contributed by atoms with Gasteiger partial charge >= 0.3 is 0 Å². The van der Waals surface area contributed by atoms with Crippen LogP contribution in [0.2, 0.25) is 0 Å². The summed E-state index contributed by atoms with van der Waals surface area (Å²) in [5.41, 5.74) is 1.19. The molecule has 3 rings (SSSR count). The van der Waals surface area contributed by atoms with Gasteiger partial charge in [-0.1, -0.05) is 6.42 Å². The van der Waals surface area contributed by atoms with Crippen LogP contribution >= 0.6 is 0 Å². The summed E-state index contributed by atoms with van der Waals surface area (Å²) in [6.45, 7) is 5.50. The number of ether oxygens (including phenoxy) is 1. The van der Waals surface area contributed by atoms with Crippen LogP contribution < -0.4 is 0 Å². The van der Waals surface area contributed by atoms with E-state index >= 15 is 0 Å². The maximum absolute atomic E-state index is 12.3. The third-order valence-electron chi connectivity index (χ3n) is 5.23. The smallest absolute Gasteiger partial charge is 0.225 e. The molecule has 0 radical (unpaired) electrons. The lowest BCUT2D eigenvalue weighted by Crippen LogP contribution is -2.44. The number of imidazole rings is 1.